The first kappa shape index (κ1) is 22.3. The summed E-state index contributed by atoms with van der Waals surface area (Å²) in [6.45, 7) is 2.20. The number of aryl methyl sites for hydroxylation is 2. The summed E-state index contributed by atoms with van der Waals surface area (Å²) in [5.41, 5.74) is -0.515. The molecular weight excluding hydrogens is 415 g/mol. The van der Waals surface area contributed by atoms with Crippen molar-refractivity contribution in [1.29, 1.82) is 0 Å². The molecule has 1 N–H and O–H groups in total. The maximum absolute atomic E-state index is 12.7. The van der Waals surface area contributed by atoms with E-state index in [1.165, 1.54) is 10.7 Å². The van der Waals surface area contributed by atoms with E-state index in [0.717, 1.165) is 6.07 Å². The highest BCUT2D eigenvalue weighted by Gasteiger charge is 2.34. The van der Waals surface area contributed by atoms with Crippen molar-refractivity contribution in [2.75, 3.05) is 13.7 Å². The lowest BCUT2D eigenvalue weighted by Gasteiger charge is -2.07. The lowest BCUT2D eigenvalue weighted by molar-refractivity contribution is -0.141. The molecule has 1 amide bonds. The Bertz CT molecular complexity index is 1030. The molecule has 1 aromatic carbocycles. The van der Waals surface area contributed by atoms with Gasteiger partial charge in [0, 0.05) is 24.8 Å². The smallest absolute Gasteiger partial charge is 0.435 e. The van der Waals surface area contributed by atoms with Crippen LogP contribution in [0.4, 0.5) is 13.2 Å². The average molecular weight is 437 g/mol. The number of nitrogens with zero attached hydrogens (tertiary/aromatic N) is 2. The Labute approximate surface area is 176 Å². The summed E-state index contributed by atoms with van der Waals surface area (Å²) in [7, 11) is 1.56. The summed E-state index contributed by atoms with van der Waals surface area (Å²) in [6, 6.07) is 11.3. The highest BCUT2D eigenvalue weighted by molar-refractivity contribution is 5.91. The van der Waals surface area contributed by atoms with E-state index in [9.17, 15) is 18.0 Å². The number of aromatic nitrogens is 2. The number of ether oxygens (including phenoxy) is 2. The van der Waals surface area contributed by atoms with Crippen LogP contribution in [0.2, 0.25) is 0 Å². The van der Waals surface area contributed by atoms with Crippen LogP contribution in [-0.4, -0.2) is 29.3 Å². The molecule has 166 valence electrons. The summed E-state index contributed by atoms with van der Waals surface area (Å²) in [4.78, 5) is 12.2. The van der Waals surface area contributed by atoms with Gasteiger partial charge < -0.3 is 19.2 Å². The standard InChI is InChI=1S/C21H22F3N3O4/c1-14-11-19(21(22,23)24)26-27(14)10-4-9-25-20(28)18-8-7-17(31-18)13-30-16-6-3-5-15(12-16)29-2/h3,5-8,11-12H,4,9-10,13H2,1-2H3,(H,25,28). The Kier molecular flexibility index (Phi) is 6.88. The van der Waals surface area contributed by atoms with Gasteiger partial charge in [0.25, 0.3) is 5.91 Å². The van der Waals surface area contributed by atoms with Gasteiger partial charge in [0.15, 0.2) is 11.5 Å². The van der Waals surface area contributed by atoms with Crippen LogP contribution in [0.25, 0.3) is 0 Å². The number of alkyl halides is 3. The van der Waals surface area contributed by atoms with Gasteiger partial charge in [-0.2, -0.15) is 18.3 Å². The van der Waals surface area contributed by atoms with E-state index in [1.54, 1.807) is 44.4 Å². The van der Waals surface area contributed by atoms with Crippen molar-refractivity contribution in [1.82, 2.24) is 15.1 Å². The molecule has 2 heterocycles. The predicted molar refractivity (Wildman–Crippen MR) is 105 cm³/mol. The number of furan rings is 1. The number of carbonyl (C=O) groups excluding carboxylic acids is 1. The summed E-state index contributed by atoms with van der Waals surface area (Å²) < 4.78 is 55.6. The number of hydrogen-bond acceptors (Lipinski definition) is 5. The van der Waals surface area contributed by atoms with Crippen LogP contribution in [0.15, 0.2) is 46.9 Å². The molecule has 0 aliphatic rings. The van der Waals surface area contributed by atoms with E-state index in [4.69, 9.17) is 13.9 Å². The van der Waals surface area contributed by atoms with Crippen molar-refractivity contribution in [2.24, 2.45) is 0 Å². The Morgan fingerprint density at radius 3 is 2.68 bits per heavy atom. The second-order valence-electron chi connectivity index (χ2n) is 6.73. The summed E-state index contributed by atoms with van der Waals surface area (Å²) in [6.07, 6.45) is -4.06. The maximum Gasteiger partial charge on any atom is 0.435 e. The highest BCUT2D eigenvalue weighted by atomic mass is 19.4. The fourth-order valence-corrected chi connectivity index (χ4v) is 2.82. The summed E-state index contributed by atoms with van der Waals surface area (Å²) in [5, 5.41) is 6.23. The van der Waals surface area contributed by atoms with Crippen LogP contribution < -0.4 is 14.8 Å². The first-order chi connectivity index (χ1) is 14.8. The Morgan fingerprint density at radius 1 is 1.19 bits per heavy atom. The SMILES string of the molecule is COc1cccc(OCc2ccc(C(=O)NCCCn3nc(C(F)(F)F)cc3C)o2)c1. The molecule has 0 unspecified atom stereocenters. The minimum Gasteiger partial charge on any atom is -0.497 e. The highest BCUT2D eigenvalue weighted by Crippen LogP contribution is 2.28. The zero-order valence-electron chi connectivity index (χ0n) is 17.0. The molecule has 0 aliphatic carbocycles. The molecule has 0 aliphatic heterocycles. The van der Waals surface area contributed by atoms with E-state index in [0.29, 0.717) is 29.4 Å². The average Bonchev–Trinajstić information content (AvgIpc) is 3.36. The molecule has 0 saturated heterocycles. The Balaban J connectivity index is 1.44. The van der Waals surface area contributed by atoms with Gasteiger partial charge in [-0.25, -0.2) is 0 Å². The Hall–Kier alpha value is -3.43. The van der Waals surface area contributed by atoms with Crippen LogP contribution in [0.5, 0.6) is 11.5 Å². The Morgan fingerprint density at radius 2 is 1.97 bits per heavy atom. The van der Waals surface area contributed by atoms with Crippen LogP contribution in [0.1, 0.15) is 34.1 Å². The van der Waals surface area contributed by atoms with Crippen LogP contribution in [0, 0.1) is 6.92 Å². The second-order valence-corrected chi connectivity index (χ2v) is 6.73. The van der Waals surface area contributed by atoms with Gasteiger partial charge in [-0.1, -0.05) is 6.07 Å². The molecule has 0 radical (unpaired) electrons. The number of halogens is 3. The van der Waals surface area contributed by atoms with Gasteiger partial charge >= 0.3 is 6.18 Å². The number of benzene rings is 1. The largest absolute Gasteiger partial charge is 0.497 e. The van der Waals surface area contributed by atoms with E-state index >= 15 is 0 Å². The van der Waals surface area contributed by atoms with Gasteiger partial charge in [-0.05, 0) is 43.7 Å². The van der Waals surface area contributed by atoms with E-state index < -0.39 is 17.8 Å². The molecule has 10 heteroatoms. The molecule has 2 aromatic heterocycles. The number of nitrogens with one attached hydrogen (secondary N) is 1. The van der Waals surface area contributed by atoms with Crippen molar-refractivity contribution >= 4 is 5.91 Å². The lowest BCUT2D eigenvalue weighted by Crippen LogP contribution is -2.25. The maximum atomic E-state index is 12.7. The molecule has 3 aromatic rings. The molecule has 0 bridgehead atoms. The molecular formula is C21H22F3N3O4. The lowest BCUT2D eigenvalue weighted by atomic mass is 10.3. The van der Waals surface area contributed by atoms with Gasteiger partial charge in [0.1, 0.15) is 23.9 Å². The monoisotopic (exact) mass is 437 g/mol. The molecule has 0 fully saturated rings. The molecule has 0 atom stereocenters. The van der Waals surface area contributed by atoms with Crippen LogP contribution >= 0.6 is 0 Å². The quantitative estimate of drug-likeness (QED) is 0.508. The second kappa shape index (κ2) is 9.59. The number of carbonyl (C=O) groups is 1. The summed E-state index contributed by atoms with van der Waals surface area (Å²) in [5.74, 6) is 1.45. The summed E-state index contributed by atoms with van der Waals surface area (Å²) >= 11 is 0. The predicted octanol–water partition coefficient (Wildman–Crippen LogP) is 4.21. The third-order valence-corrected chi connectivity index (χ3v) is 4.41. The van der Waals surface area contributed by atoms with Crippen LogP contribution in [-0.2, 0) is 19.3 Å². The minimum absolute atomic E-state index is 0.124. The van der Waals surface area contributed by atoms with Gasteiger partial charge in [0.05, 0.1) is 7.11 Å². The topological polar surface area (TPSA) is 78.5 Å². The molecule has 0 saturated carbocycles. The number of rotatable bonds is 9. The van der Waals surface area contributed by atoms with Gasteiger partial charge in [0.2, 0.25) is 0 Å². The van der Waals surface area contributed by atoms with E-state index in [2.05, 4.69) is 10.4 Å². The number of amides is 1. The van der Waals surface area contributed by atoms with Gasteiger partial charge in [-0.3, -0.25) is 9.48 Å². The fraction of sp³-hybridized carbons (Fsp3) is 0.333. The van der Waals surface area contributed by atoms with E-state index in [1.807, 2.05) is 0 Å². The zero-order valence-corrected chi connectivity index (χ0v) is 17.0. The van der Waals surface area contributed by atoms with Gasteiger partial charge in [-0.15, -0.1) is 0 Å². The van der Waals surface area contributed by atoms with Crippen LogP contribution in [0.3, 0.4) is 0 Å². The third kappa shape index (κ3) is 6.03. The molecule has 0 spiro atoms. The molecule has 7 nitrogen and oxygen atoms in total. The van der Waals surface area contributed by atoms with Crippen molar-refractivity contribution in [3.05, 3.63) is 65.4 Å². The fourth-order valence-electron chi connectivity index (χ4n) is 2.82. The molecule has 31 heavy (non-hydrogen) atoms. The van der Waals surface area contributed by atoms with Crippen molar-refractivity contribution in [2.45, 2.75) is 32.7 Å². The third-order valence-electron chi connectivity index (χ3n) is 4.41. The zero-order chi connectivity index (χ0) is 22.4. The van der Waals surface area contributed by atoms with Crippen molar-refractivity contribution < 1.29 is 31.9 Å². The molecule has 3 rings (SSSR count). The first-order valence-electron chi connectivity index (χ1n) is 9.51. The first-order valence-corrected chi connectivity index (χ1v) is 9.51. The number of hydrogen-bond donors (Lipinski definition) is 1. The van der Waals surface area contributed by atoms with Crippen molar-refractivity contribution in [3.63, 3.8) is 0 Å². The van der Waals surface area contributed by atoms with Crippen molar-refractivity contribution in [3.8, 4) is 11.5 Å². The van der Waals surface area contributed by atoms with E-state index in [-0.39, 0.29) is 25.5 Å². The normalized spacial score (nSPS) is 11.4. The minimum atomic E-state index is -4.47. The number of methoxy groups -OCH3 is 1.